The number of hydrogen-bond donors (Lipinski definition) is 0. The third-order valence-electron chi connectivity index (χ3n) is 5.96. The molecule has 0 aliphatic heterocycles. The summed E-state index contributed by atoms with van der Waals surface area (Å²) in [6.07, 6.45) is 14.9. The van der Waals surface area contributed by atoms with E-state index in [1.54, 1.807) is 16.7 Å². The standard InChI is InChI=1S/C21H23.2ClH.Hf/c1-13(2)20-19-11-10-17-14(3)12-16(21(17)20)8-9-18(19)15-6-4-5-7-15;;;/h4-6,8-9,12-13,20H,7,10-11H2,1-3H3;2*1H;/q;;;+2/p-2. The third-order valence-corrected chi connectivity index (χ3v) is 13.8. The molecule has 3 heteroatoms. The van der Waals surface area contributed by atoms with Crippen LogP contribution in [0.4, 0.5) is 0 Å². The minimum absolute atomic E-state index is 0.371. The van der Waals surface area contributed by atoms with Crippen molar-refractivity contribution in [2.45, 2.75) is 43.7 Å². The van der Waals surface area contributed by atoms with E-state index in [0.29, 0.717) is 15.5 Å². The minimum atomic E-state index is -2.56. The van der Waals surface area contributed by atoms with Gasteiger partial charge in [-0.05, 0) is 0 Å². The van der Waals surface area contributed by atoms with Gasteiger partial charge >= 0.3 is 161 Å². The monoisotopic (exact) mass is 525 g/mol. The van der Waals surface area contributed by atoms with Gasteiger partial charge in [-0.2, -0.15) is 0 Å². The first-order valence-electron chi connectivity index (χ1n) is 8.89. The molecule has 0 heterocycles. The van der Waals surface area contributed by atoms with Crippen molar-refractivity contribution in [1.29, 1.82) is 0 Å². The summed E-state index contributed by atoms with van der Waals surface area (Å²) in [5.41, 5.74) is 10.8. The maximum atomic E-state index is 6.62. The Bertz CT molecular complexity index is 772. The van der Waals surface area contributed by atoms with Gasteiger partial charge in [-0.25, -0.2) is 0 Å². The van der Waals surface area contributed by atoms with Crippen molar-refractivity contribution in [3.8, 4) is 0 Å². The molecular formula is C21H23Cl2Hf. The normalized spacial score (nSPS) is 28.3. The summed E-state index contributed by atoms with van der Waals surface area (Å²) in [5.74, 6) is 1.14. The first-order chi connectivity index (χ1) is 11.5. The molecule has 1 fully saturated rings. The van der Waals surface area contributed by atoms with Gasteiger partial charge < -0.3 is 0 Å². The molecule has 0 radical (unpaired) electrons. The van der Waals surface area contributed by atoms with Gasteiger partial charge in [-0.3, -0.25) is 0 Å². The average molecular weight is 525 g/mol. The molecule has 4 rings (SSSR count). The van der Waals surface area contributed by atoms with Crippen LogP contribution in [-0.4, -0.2) is 0 Å². The molecule has 0 aromatic heterocycles. The molecule has 2 atom stereocenters. The van der Waals surface area contributed by atoms with Crippen molar-refractivity contribution < 1.29 is 19.1 Å². The summed E-state index contributed by atoms with van der Waals surface area (Å²) >= 11 is -2.56. The van der Waals surface area contributed by atoms with Crippen LogP contribution >= 0.6 is 17.2 Å². The molecule has 0 spiro atoms. The van der Waals surface area contributed by atoms with Crippen molar-refractivity contribution in [3.63, 3.8) is 0 Å². The van der Waals surface area contributed by atoms with E-state index in [1.165, 1.54) is 35.1 Å². The molecular weight excluding hydrogens is 502 g/mol. The second-order valence-corrected chi connectivity index (χ2v) is 20.0. The van der Waals surface area contributed by atoms with Crippen LogP contribution in [0.15, 0.2) is 69.4 Å². The van der Waals surface area contributed by atoms with Crippen LogP contribution < -0.4 is 0 Å². The van der Waals surface area contributed by atoms with Crippen molar-refractivity contribution in [2.75, 3.05) is 0 Å². The SMILES string of the molecule is CC1=C2CCC3=C(C4=CC=CC4)C=CC(=C2C3C(C)C)[CH]1[Hf]([Cl])[Cl]. The fourth-order valence-electron chi connectivity index (χ4n) is 4.98. The Hall–Kier alpha value is -0.110. The van der Waals surface area contributed by atoms with Crippen LogP contribution in [0.5, 0.6) is 0 Å². The fourth-order valence-corrected chi connectivity index (χ4v) is 13.1. The van der Waals surface area contributed by atoms with E-state index in [2.05, 4.69) is 51.2 Å². The predicted molar refractivity (Wildman–Crippen MR) is 101 cm³/mol. The summed E-state index contributed by atoms with van der Waals surface area (Å²) in [6, 6.07) is 0. The Kier molecular flexibility index (Phi) is 4.73. The number of hydrogen-bond acceptors (Lipinski definition) is 0. The van der Waals surface area contributed by atoms with Crippen LogP contribution in [0.1, 0.15) is 40.0 Å². The molecule has 4 aliphatic carbocycles. The van der Waals surface area contributed by atoms with Gasteiger partial charge in [0.25, 0.3) is 0 Å². The van der Waals surface area contributed by atoms with Gasteiger partial charge in [0, 0.05) is 0 Å². The van der Waals surface area contributed by atoms with Crippen LogP contribution in [0.3, 0.4) is 0 Å². The molecule has 24 heavy (non-hydrogen) atoms. The fraction of sp³-hybridized carbons (Fsp3) is 0.429. The van der Waals surface area contributed by atoms with Crippen LogP contribution in [0.25, 0.3) is 0 Å². The molecule has 0 amide bonds. The van der Waals surface area contributed by atoms with Crippen molar-refractivity contribution in [3.05, 3.63) is 69.4 Å². The zero-order valence-corrected chi connectivity index (χ0v) is 19.6. The Balaban J connectivity index is 1.92. The van der Waals surface area contributed by atoms with Gasteiger partial charge in [0.05, 0.1) is 0 Å². The molecule has 0 aromatic rings. The van der Waals surface area contributed by atoms with Crippen LogP contribution in [0, 0.1) is 11.8 Å². The molecule has 2 bridgehead atoms. The zero-order valence-electron chi connectivity index (χ0n) is 14.5. The first-order valence-corrected chi connectivity index (χ1v) is 19.9. The second kappa shape index (κ2) is 6.56. The summed E-state index contributed by atoms with van der Waals surface area (Å²) in [5, 5.41) is 0. The summed E-state index contributed by atoms with van der Waals surface area (Å²) in [4.78, 5) is 0. The van der Waals surface area contributed by atoms with E-state index < -0.39 is 19.1 Å². The Morgan fingerprint density at radius 2 is 1.96 bits per heavy atom. The number of allylic oxidation sites excluding steroid dienone is 12. The van der Waals surface area contributed by atoms with Crippen LogP contribution in [-0.2, 0) is 19.1 Å². The molecule has 125 valence electrons. The second-order valence-electron chi connectivity index (χ2n) is 7.57. The number of halogens is 2. The van der Waals surface area contributed by atoms with Crippen LogP contribution in [0.2, 0.25) is 3.67 Å². The van der Waals surface area contributed by atoms with Crippen molar-refractivity contribution in [2.24, 2.45) is 11.8 Å². The topological polar surface area (TPSA) is 0 Å². The Morgan fingerprint density at radius 1 is 1.17 bits per heavy atom. The van der Waals surface area contributed by atoms with E-state index in [0.717, 1.165) is 6.42 Å². The molecule has 0 saturated heterocycles. The molecule has 0 nitrogen and oxygen atoms in total. The van der Waals surface area contributed by atoms with Gasteiger partial charge in [0.2, 0.25) is 0 Å². The number of fused-ring (bicyclic) bond motifs is 1. The molecule has 1 saturated carbocycles. The summed E-state index contributed by atoms with van der Waals surface area (Å²) in [7, 11) is 13.2. The van der Waals surface area contributed by atoms with E-state index >= 15 is 0 Å². The molecule has 0 N–H and O–H groups in total. The molecule has 2 unspecified atom stereocenters. The van der Waals surface area contributed by atoms with E-state index in [-0.39, 0.29) is 0 Å². The average Bonchev–Trinajstić information content (AvgIpc) is 3.12. The third kappa shape index (κ3) is 2.58. The Labute approximate surface area is 160 Å². The van der Waals surface area contributed by atoms with Crippen molar-refractivity contribution in [1.82, 2.24) is 0 Å². The maximum absolute atomic E-state index is 6.62. The predicted octanol–water partition coefficient (Wildman–Crippen LogP) is 7.15. The van der Waals surface area contributed by atoms with Gasteiger partial charge in [0.15, 0.2) is 0 Å². The molecule has 0 aromatic carbocycles. The van der Waals surface area contributed by atoms with E-state index in [9.17, 15) is 0 Å². The quantitative estimate of drug-likeness (QED) is 0.344. The summed E-state index contributed by atoms with van der Waals surface area (Å²) < 4.78 is 0.371. The number of rotatable bonds is 3. The molecule has 4 aliphatic rings. The first kappa shape index (κ1) is 17.3. The van der Waals surface area contributed by atoms with Gasteiger partial charge in [-0.15, -0.1) is 0 Å². The van der Waals surface area contributed by atoms with Crippen molar-refractivity contribution >= 4 is 17.2 Å². The Morgan fingerprint density at radius 3 is 2.58 bits per heavy atom. The van der Waals surface area contributed by atoms with Gasteiger partial charge in [0.1, 0.15) is 0 Å². The zero-order chi connectivity index (χ0) is 17.0. The van der Waals surface area contributed by atoms with E-state index in [1.807, 2.05) is 0 Å². The van der Waals surface area contributed by atoms with Gasteiger partial charge in [-0.1, -0.05) is 0 Å². The van der Waals surface area contributed by atoms with E-state index in [4.69, 9.17) is 17.2 Å². The summed E-state index contributed by atoms with van der Waals surface area (Å²) in [6.45, 7) is 7.02.